The molecule has 7 nitrogen and oxygen atoms in total. The quantitative estimate of drug-likeness (QED) is 0.123. The van der Waals surface area contributed by atoms with Crippen LogP contribution in [0.1, 0.15) is 78.1 Å². The van der Waals surface area contributed by atoms with Gasteiger partial charge in [-0.15, -0.1) is 0 Å². The van der Waals surface area contributed by atoms with E-state index in [0.29, 0.717) is 6.54 Å². The predicted octanol–water partition coefficient (Wildman–Crippen LogP) is 11.3. The van der Waals surface area contributed by atoms with Gasteiger partial charge in [0.1, 0.15) is 17.3 Å². The average molecular weight is 838 g/mol. The van der Waals surface area contributed by atoms with Crippen molar-refractivity contribution in [3.8, 4) is 11.5 Å². The molecule has 0 bridgehead atoms. The van der Waals surface area contributed by atoms with Crippen molar-refractivity contribution in [1.29, 1.82) is 0 Å². The normalized spacial score (nSPS) is 15.7. The Morgan fingerprint density at radius 1 is 0.552 bits per heavy atom. The number of benzene rings is 3. The summed E-state index contributed by atoms with van der Waals surface area (Å²) < 4.78 is 26.3. The Hall–Kier alpha value is -5.35. The third-order valence-corrected chi connectivity index (χ3v) is 11.6. The summed E-state index contributed by atoms with van der Waals surface area (Å²) in [5.41, 5.74) is 6.48. The minimum atomic E-state index is -0.165. The topological polar surface area (TPSA) is 51.4 Å². The molecular weight excluding hydrogens is 787 g/mol. The van der Waals surface area contributed by atoms with Crippen molar-refractivity contribution in [2.75, 3.05) is 26.2 Å². The Kier molecular flexibility index (Phi) is 13.2. The van der Waals surface area contributed by atoms with E-state index in [0.717, 1.165) is 84.2 Å². The highest BCUT2D eigenvalue weighted by Crippen LogP contribution is 2.36. The van der Waals surface area contributed by atoms with Crippen LogP contribution in [0.25, 0.3) is 0 Å². The largest absolute Gasteiger partial charge is 0.457 e. The first-order chi connectivity index (χ1) is 28.6. The molecule has 0 aliphatic carbocycles. The zero-order chi connectivity index (χ0) is 39.5. The van der Waals surface area contributed by atoms with Crippen molar-refractivity contribution in [3.63, 3.8) is 0 Å². The second-order valence-electron chi connectivity index (χ2n) is 15.1. The van der Waals surface area contributed by atoms with E-state index in [-0.39, 0.29) is 17.9 Å². The number of likely N-dealkylation sites (tertiary alicyclic amines) is 2. The van der Waals surface area contributed by atoms with Crippen LogP contribution in [0.5, 0.6) is 11.5 Å². The van der Waals surface area contributed by atoms with Gasteiger partial charge in [-0.1, -0.05) is 70.9 Å². The lowest BCUT2D eigenvalue weighted by Crippen LogP contribution is -2.35. The van der Waals surface area contributed by atoms with Crippen LogP contribution >= 0.6 is 15.9 Å². The first kappa shape index (κ1) is 39.5. The molecule has 2 fully saturated rings. The van der Waals surface area contributed by atoms with Crippen LogP contribution in [0.4, 0.5) is 4.39 Å². The van der Waals surface area contributed by atoms with Gasteiger partial charge in [-0.2, -0.15) is 0 Å². The molecule has 0 amide bonds. The fourth-order valence-electron chi connectivity index (χ4n) is 8.36. The molecule has 2 aliphatic rings. The van der Waals surface area contributed by atoms with Crippen molar-refractivity contribution in [2.24, 2.45) is 0 Å². The number of rotatable bonds is 12. The second-order valence-corrected chi connectivity index (χ2v) is 16.0. The van der Waals surface area contributed by atoms with Crippen molar-refractivity contribution < 1.29 is 9.13 Å². The Labute approximate surface area is 349 Å². The van der Waals surface area contributed by atoms with Crippen LogP contribution in [0.2, 0.25) is 0 Å². The molecule has 2 atom stereocenters. The maximum absolute atomic E-state index is 14.8. The van der Waals surface area contributed by atoms with E-state index in [2.05, 4.69) is 106 Å². The highest BCUT2D eigenvalue weighted by Gasteiger charge is 2.30. The number of nitrogens with zero attached hydrogens (tertiary/aromatic N) is 6. The Bertz CT molecular complexity index is 2320. The Morgan fingerprint density at radius 3 is 1.72 bits per heavy atom. The van der Waals surface area contributed by atoms with E-state index in [4.69, 9.17) is 4.74 Å². The molecule has 9 rings (SSSR count). The lowest BCUT2D eigenvalue weighted by Gasteiger charge is -2.35. The Balaban J connectivity index is 0.000000165. The first-order valence-electron chi connectivity index (χ1n) is 20.4. The summed E-state index contributed by atoms with van der Waals surface area (Å²) in [4.78, 5) is 14.0. The van der Waals surface area contributed by atoms with Gasteiger partial charge in [-0.25, -0.2) is 4.39 Å². The summed E-state index contributed by atoms with van der Waals surface area (Å²) in [7, 11) is 0. The summed E-state index contributed by atoms with van der Waals surface area (Å²) in [6.07, 6.45) is 14.0. The number of para-hydroxylation sites is 1. The molecule has 9 heteroatoms. The average Bonchev–Trinajstić information content (AvgIpc) is 4.06. The van der Waals surface area contributed by atoms with E-state index in [9.17, 15) is 4.39 Å². The minimum absolute atomic E-state index is 0.0793. The summed E-state index contributed by atoms with van der Waals surface area (Å²) in [5.74, 6) is 1.57. The van der Waals surface area contributed by atoms with E-state index in [1.54, 1.807) is 6.07 Å². The molecule has 0 spiro atoms. The number of hydrogen-bond acceptors (Lipinski definition) is 5. The van der Waals surface area contributed by atoms with E-state index >= 15 is 0 Å². The Morgan fingerprint density at radius 2 is 1.12 bits per heavy atom. The minimum Gasteiger partial charge on any atom is -0.457 e. The van der Waals surface area contributed by atoms with Gasteiger partial charge in [0.05, 0.1) is 36.6 Å². The lowest BCUT2D eigenvalue weighted by atomic mass is 9.98. The monoisotopic (exact) mass is 836 g/mol. The fourth-order valence-corrected chi connectivity index (χ4v) is 8.69. The molecule has 58 heavy (non-hydrogen) atoms. The predicted molar refractivity (Wildman–Crippen MR) is 233 cm³/mol. The standard InChI is InChI=1S/C28H29N3O.C21H21BrFN3/c1-3-13-25(14-4-1)32-26-15-9-11-23(21-26)28(30-18-7-2-8-19-30)27-16-10-20-31(27)22-24-12-5-6-17-29-24;22-16-8-9-18(19(23)14-16)21(25-11-3-4-12-25)20-7-5-13-26(20)15-17-6-1-2-10-24-17/h1,3-6,9-17,20-21,28H,2,7-8,18-19,22H2;1-2,5-10,13-14,21H,3-4,11-12,15H2. The van der Waals surface area contributed by atoms with Gasteiger partial charge in [0.25, 0.3) is 0 Å². The molecule has 6 heterocycles. The molecule has 2 aliphatic heterocycles. The summed E-state index contributed by atoms with van der Waals surface area (Å²) in [6, 6.07) is 44.7. The number of hydrogen-bond donors (Lipinski definition) is 0. The smallest absolute Gasteiger partial charge is 0.129 e. The zero-order valence-corrected chi connectivity index (χ0v) is 34.4. The first-order valence-corrected chi connectivity index (χ1v) is 21.2. The van der Waals surface area contributed by atoms with Gasteiger partial charge in [0, 0.05) is 46.2 Å². The third kappa shape index (κ3) is 9.84. The van der Waals surface area contributed by atoms with Gasteiger partial charge in [0.2, 0.25) is 0 Å². The van der Waals surface area contributed by atoms with Crippen molar-refractivity contribution in [1.82, 2.24) is 28.9 Å². The van der Waals surface area contributed by atoms with Crippen molar-refractivity contribution >= 4 is 15.9 Å². The van der Waals surface area contributed by atoms with Crippen LogP contribution in [-0.4, -0.2) is 55.1 Å². The SMILES string of the molecule is Fc1cc(Br)ccc1C(c1cccn1Cc1ccccn1)N1CCCC1.c1ccc(Oc2cccc(C(c3cccn3Cc3ccccn3)N3CCCCC3)c2)cc1. The number of ether oxygens (including phenoxy) is 1. The number of piperidine rings is 1. The molecule has 0 saturated carbocycles. The van der Waals surface area contributed by atoms with Crippen LogP contribution < -0.4 is 4.74 Å². The van der Waals surface area contributed by atoms with Gasteiger partial charge in [0.15, 0.2) is 0 Å². The molecule has 3 aromatic carbocycles. The van der Waals surface area contributed by atoms with Crippen LogP contribution in [0.15, 0.2) is 163 Å². The van der Waals surface area contributed by atoms with Gasteiger partial charge < -0.3 is 13.9 Å². The molecular formula is C49H50BrFN6O. The summed E-state index contributed by atoms with van der Waals surface area (Å²) in [6.45, 7) is 5.68. The van der Waals surface area contributed by atoms with E-state index in [1.807, 2.05) is 91.3 Å². The zero-order valence-electron chi connectivity index (χ0n) is 32.8. The fraction of sp³-hybridized carbons (Fsp3) is 0.265. The number of aromatic nitrogens is 4. The van der Waals surface area contributed by atoms with Gasteiger partial charge in [-0.3, -0.25) is 19.8 Å². The maximum atomic E-state index is 14.8. The summed E-state index contributed by atoms with van der Waals surface area (Å²) in [5, 5.41) is 0. The molecule has 2 saturated heterocycles. The second kappa shape index (κ2) is 19.4. The van der Waals surface area contributed by atoms with E-state index in [1.165, 1.54) is 30.5 Å². The summed E-state index contributed by atoms with van der Waals surface area (Å²) >= 11 is 3.37. The van der Waals surface area contributed by atoms with Gasteiger partial charge in [-0.05, 0) is 142 Å². The van der Waals surface area contributed by atoms with Crippen molar-refractivity contribution in [3.05, 3.63) is 202 Å². The van der Waals surface area contributed by atoms with Crippen LogP contribution in [-0.2, 0) is 13.1 Å². The molecule has 2 unspecified atom stereocenters. The lowest BCUT2D eigenvalue weighted by molar-refractivity contribution is 0.182. The van der Waals surface area contributed by atoms with Crippen LogP contribution in [0, 0.1) is 5.82 Å². The molecule has 7 aromatic rings. The molecule has 0 radical (unpaired) electrons. The van der Waals surface area contributed by atoms with Crippen molar-refractivity contribution in [2.45, 2.75) is 57.3 Å². The van der Waals surface area contributed by atoms with Crippen LogP contribution in [0.3, 0.4) is 0 Å². The molecule has 0 N–H and O–H groups in total. The number of pyridine rings is 2. The maximum Gasteiger partial charge on any atom is 0.129 e. The van der Waals surface area contributed by atoms with E-state index < -0.39 is 0 Å². The molecule has 4 aromatic heterocycles. The molecule has 296 valence electrons. The van der Waals surface area contributed by atoms with Gasteiger partial charge >= 0.3 is 0 Å². The third-order valence-electron chi connectivity index (χ3n) is 11.1. The highest BCUT2D eigenvalue weighted by molar-refractivity contribution is 9.10. The number of halogens is 2. The highest BCUT2D eigenvalue weighted by atomic mass is 79.9.